The summed E-state index contributed by atoms with van der Waals surface area (Å²) < 4.78 is 27.1. The first-order valence-corrected chi connectivity index (χ1v) is 7.78. The molecule has 1 aliphatic heterocycles. The quantitative estimate of drug-likeness (QED) is 0.856. The summed E-state index contributed by atoms with van der Waals surface area (Å²) in [6, 6.07) is 3.45. The zero-order valence-electron chi connectivity index (χ0n) is 13.3. The van der Waals surface area contributed by atoms with E-state index in [9.17, 15) is 13.6 Å². The van der Waals surface area contributed by atoms with Gasteiger partial charge >= 0.3 is 0 Å². The standard InChI is InChI=1S/C16H21F2N3O.2ClH/c17-12-3-4-13(18)14(11-12)20-7-9-21(10-8-20)15(22)16(19)5-1-2-6-16;;/h3-4,11H,1-2,5-10,19H2;2*1H. The summed E-state index contributed by atoms with van der Waals surface area (Å²) in [5.41, 5.74) is 5.75. The largest absolute Gasteiger partial charge is 0.366 e. The summed E-state index contributed by atoms with van der Waals surface area (Å²) in [6.07, 6.45) is 3.47. The van der Waals surface area contributed by atoms with Crippen LogP contribution in [-0.4, -0.2) is 42.5 Å². The van der Waals surface area contributed by atoms with Crippen molar-refractivity contribution in [2.75, 3.05) is 31.1 Å². The van der Waals surface area contributed by atoms with Crippen LogP contribution in [0.15, 0.2) is 18.2 Å². The summed E-state index contributed by atoms with van der Waals surface area (Å²) >= 11 is 0. The molecule has 2 N–H and O–H groups in total. The van der Waals surface area contributed by atoms with E-state index in [1.807, 2.05) is 0 Å². The van der Waals surface area contributed by atoms with Crippen LogP contribution in [0.3, 0.4) is 0 Å². The van der Waals surface area contributed by atoms with Crippen molar-refractivity contribution in [2.24, 2.45) is 5.73 Å². The van der Waals surface area contributed by atoms with Gasteiger partial charge in [-0.3, -0.25) is 4.79 Å². The summed E-state index contributed by atoms with van der Waals surface area (Å²) in [6.45, 7) is 1.96. The fourth-order valence-corrected chi connectivity index (χ4v) is 3.41. The maximum atomic E-state index is 13.8. The van der Waals surface area contributed by atoms with E-state index in [4.69, 9.17) is 5.73 Å². The smallest absolute Gasteiger partial charge is 0.242 e. The number of benzene rings is 1. The lowest BCUT2D eigenvalue weighted by Crippen LogP contribution is -2.58. The number of anilines is 1. The Hall–Kier alpha value is -1.11. The van der Waals surface area contributed by atoms with Crippen LogP contribution in [0, 0.1) is 11.6 Å². The van der Waals surface area contributed by atoms with Gasteiger partial charge < -0.3 is 15.5 Å². The molecule has 0 atom stereocenters. The third kappa shape index (κ3) is 4.10. The molecular weight excluding hydrogens is 359 g/mol. The van der Waals surface area contributed by atoms with Crippen molar-refractivity contribution in [3.05, 3.63) is 29.8 Å². The number of hydrogen-bond donors (Lipinski definition) is 1. The first-order chi connectivity index (χ1) is 10.5. The number of nitrogens with zero attached hydrogens (tertiary/aromatic N) is 2. The number of halogens is 4. The average molecular weight is 382 g/mol. The van der Waals surface area contributed by atoms with Crippen molar-refractivity contribution in [3.8, 4) is 0 Å². The Bertz CT molecular complexity index is 574. The molecule has 1 aromatic rings. The highest BCUT2D eigenvalue weighted by Gasteiger charge is 2.40. The molecule has 24 heavy (non-hydrogen) atoms. The predicted molar refractivity (Wildman–Crippen MR) is 95.0 cm³/mol. The van der Waals surface area contributed by atoms with Crippen LogP contribution < -0.4 is 10.6 Å². The van der Waals surface area contributed by atoms with Crippen LogP contribution in [0.2, 0.25) is 0 Å². The molecule has 1 saturated carbocycles. The number of nitrogens with two attached hydrogens (primary N) is 1. The molecule has 1 aliphatic carbocycles. The minimum Gasteiger partial charge on any atom is -0.366 e. The minimum atomic E-state index is -0.716. The van der Waals surface area contributed by atoms with Gasteiger partial charge in [-0.2, -0.15) is 0 Å². The van der Waals surface area contributed by atoms with Crippen LogP contribution in [0.1, 0.15) is 25.7 Å². The van der Waals surface area contributed by atoms with Gasteiger partial charge in [0, 0.05) is 32.2 Å². The topological polar surface area (TPSA) is 49.6 Å². The fourth-order valence-electron chi connectivity index (χ4n) is 3.41. The van der Waals surface area contributed by atoms with Gasteiger partial charge in [-0.05, 0) is 25.0 Å². The molecule has 3 rings (SSSR count). The van der Waals surface area contributed by atoms with Gasteiger partial charge in [-0.15, -0.1) is 24.8 Å². The normalized spacial score (nSPS) is 19.5. The van der Waals surface area contributed by atoms with E-state index in [2.05, 4.69) is 0 Å². The van der Waals surface area contributed by atoms with Crippen LogP contribution in [-0.2, 0) is 4.79 Å². The third-order valence-electron chi connectivity index (χ3n) is 4.74. The minimum absolute atomic E-state index is 0. The predicted octanol–water partition coefficient (Wildman–Crippen LogP) is 2.73. The molecule has 136 valence electrons. The van der Waals surface area contributed by atoms with E-state index in [0.717, 1.165) is 37.8 Å². The van der Waals surface area contributed by atoms with E-state index >= 15 is 0 Å². The van der Waals surface area contributed by atoms with Crippen LogP contribution in [0.25, 0.3) is 0 Å². The number of amides is 1. The summed E-state index contributed by atoms with van der Waals surface area (Å²) in [4.78, 5) is 16.1. The fraction of sp³-hybridized carbons (Fsp3) is 0.562. The lowest BCUT2D eigenvalue weighted by atomic mass is 9.97. The lowest BCUT2D eigenvalue weighted by molar-refractivity contribution is -0.137. The van der Waals surface area contributed by atoms with Crippen molar-refractivity contribution < 1.29 is 13.6 Å². The Morgan fingerprint density at radius 1 is 1.04 bits per heavy atom. The molecular formula is C16H23Cl2F2N3O. The van der Waals surface area contributed by atoms with Crippen LogP contribution >= 0.6 is 24.8 Å². The monoisotopic (exact) mass is 381 g/mol. The van der Waals surface area contributed by atoms with E-state index < -0.39 is 17.2 Å². The molecule has 1 aromatic carbocycles. The molecule has 2 fully saturated rings. The van der Waals surface area contributed by atoms with Gasteiger partial charge in [0.2, 0.25) is 5.91 Å². The van der Waals surface area contributed by atoms with Gasteiger partial charge in [0.1, 0.15) is 11.6 Å². The molecule has 0 unspecified atom stereocenters. The van der Waals surface area contributed by atoms with Crippen molar-refractivity contribution in [2.45, 2.75) is 31.2 Å². The molecule has 0 aromatic heterocycles. The highest BCUT2D eigenvalue weighted by Crippen LogP contribution is 2.30. The van der Waals surface area contributed by atoms with Crippen molar-refractivity contribution >= 4 is 36.4 Å². The SMILES string of the molecule is Cl.Cl.NC1(C(=O)N2CCN(c3cc(F)ccc3F)CC2)CCCC1. The zero-order chi connectivity index (χ0) is 15.7. The number of hydrogen-bond acceptors (Lipinski definition) is 3. The van der Waals surface area contributed by atoms with Gasteiger partial charge in [0.15, 0.2) is 0 Å². The number of carbonyl (C=O) groups is 1. The Morgan fingerprint density at radius 3 is 2.21 bits per heavy atom. The van der Waals surface area contributed by atoms with Crippen molar-refractivity contribution in [1.29, 1.82) is 0 Å². The molecule has 4 nitrogen and oxygen atoms in total. The summed E-state index contributed by atoms with van der Waals surface area (Å²) in [7, 11) is 0. The van der Waals surface area contributed by atoms with Crippen LogP contribution in [0.5, 0.6) is 0 Å². The van der Waals surface area contributed by atoms with Gasteiger partial charge in [-0.25, -0.2) is 8.78 Å². The second-order valence-electron chi connectivity index (χ2n) is 6.24. The zero-order valence-corrected chi connectivity index (χ0v) is 15.0. The molecule has 1 heterocycles. The third-order valence-corrected chi connectivity index (χ3v) is 4.74. The number of rotatable bonds is 2. The molecule has 1 amide bonds. The molecule has 0 spiro atoms. The first-order valence-electron chi connectivity index (χ1n) is 7.78. The van der Waals surface area contributed by atoms with Crippen molar-refractivity contribution in [1.82, 2.24) is 4.90 Å². The van der Waals surface area contributed by atoms with E-state index in [1.54, 1.807) is 9.80 Å². The Morgan fingerprint density at radius 2 is 1.62 bits per heavy atom. The van der Waals surface area contributed by atoms with Gasteiger partial charge in [-0.1, -0.05) is 12.8 Å². The molecule has 0 bridgehead atoms. The van der Waals surface area contributed by atoms with Crippen LogP contribution in [0.4, 0.5) is 14.5 Å². The van der Waals surface area contributed by atoms with E-state index in [-0.39, 0.29) is 36.4 Å². The molecule has 1 saturated heterocycles. The Balaban J connectivity index is 0.00000144. The molecule has 8 heteroatoms. The Labute approximate surface area is 153 Å². The highest BCUT2D eigenvalue weighted by molar-refractivity contribution is 5.86. The maximum Gasteiger partial charge on any atom is 0.242 e. The second-order valence-corrected chi connectivity index (χ2v) is 6.24. The van der Waals surface area contributed by atoms with Crippen molar-refractivity contribution in [3.63, 3.8) is 0 Å². The average Bonchev–Trinajstić information content (AvgIpc) is 2.97. The van der Waals surface area contributed by atoms with Gasteiger partial charge in [0.25, 0.3) is 0 Å². The summed E-state index contributed by atoms with van der Waals surface area (Å²) in [5, 5.41) is 0. The number of carbonyl (C=O) groups excluding carboxylic acids is 1. The highest BCUT2D eigenvalue weighted by atomic mass is 35.5. The van der Waals surface area contributed by atoms with Gasteiger partial charge in [0.05, 0.1) is 11.2 Å². The first kappa shape index (κ1) is 20.9. The number of piperazine rings is 1. The molecule has 2 aliphatic rings. The Kier molecular flexibility index (Phi) is 7.25. The lowest BCUT2D eigenvalue weighted by Gasteiger charge is -2.39. The van der Waals surface area contributed by atoms with E-state index in [1.165, 1.54) is 6.07 Å². The maximum absolute atomic E-state index is 13.8. The molecule has 0 radical (unpaired) electrons. The second kappa shape index (κ2) is 8.32. The summed E-state index contributed by atoms with van der Waals surface area (Å²) in [5.74, 6) is -0.890. The van der Waals surface area contributed by atoms with E-state index in [0.29, 0.717) is 26.2 Å².